The van der Waals surface area contributed by atoms with Gasteiger partial charge < -0.3 is 16.0 Å². The molecule has 1 aromatic carbocycles. The van der Waals surface area contributed by atoms with Crippen molar-refractivity contribution in [3.63, 3.8) is 0 Å². The molecule has 1 unspecified atom stereocenters. The van der Waals surface area contributed by atoms with Gasteiger partial charge in [0, 0.05) is 36.4 Å². The lowest BCUT2D eigenvalue weighted by Gasteiger charge is -2.18. The first-order valence-corrected chi connectivity index (χ1v) is 7.78. The molecule has 1 aliphatic rings. The number of rotatable bonds is 4. The maximum Gasteiger partial charge on any atom is 0.149 e. The van der Waals surface area contributed by atoms with Gasteiger partial charge in [-0.25, -0.2) is 0 Å². The molecule has 2 aromatic rings. The molecular formula is C16H18N4S. The second kappa shape index (κ2) is 6.10. The fourth-order valence-electron chi connectivity index (χ4n) is 2.16. The Morgan fingerprint density at radius 3 is 2.95 bits per heavy atom. The van der Waals surface area contributed by atoms with E-state index in [1.165, 1.54) is 5.56 Å². The number of hydrogen-bond acceptors (Lipinski definition) is 5. The second-order valence-electron chi connectivity index (χ2n) is 4.86. The third-order valence-corrected chi connectivity index (χ3v) is 4.27. The molecule has 0 aliphatic carbocycles. The SMILES string of the molecule is CNc1ccc(C)c(NC2NC(c3cccnc3)=CS2)c1. The number of nitrogens with zero attached hydrogens (tertiary/aromatic N) is 1. The van der Waals surface area contributed by atoms with Crippen molar-refractivity contribution >= 4 is 28.8 Å². The molecule has 1 atom stereocenters. The monoisotopic (exact) mass is 298 g/mol. The molecule has 1 aliphatic heterocycles. The molecule has 0 spiro atoms. The van der Waals surface area contributed by atoms with Crippen LogP contribution in [0.2, 0.25) is 0 Å². The number of aryl methyl sites for hydroxylation is 1. The number of hydrogen-bond donors (Lipinski definition) is 3. The molecule has 4 nitrogen and oxygen atoms in total. The van der Waals surface area contributed by atoms with Crippen molar-refractivity contribution in [1.82, 2.24) is 10.3 Å². The quantitative estimate of drug-likeness (QED) is 0.807. The van der Waals surface area contributed by atoms with Crippen LogP contribution < -0.4 is 16.0 Å². The molecule has 0 bridgehead atoms. The molecule has 21 heavy (non-hydrogen) atoms. The van der Waals surface area contributed by atoms with Crippen LogP contribution >= 0.6 is 11.8 Å². The topological polar surface area (TPSA) is 49.0 Å². The summed E-state index contributed by atoms with van der Waals surface area (Å²) in [5.74, 6) is 0. The van der Waals surface area contributed by atoms with E-state index in [9.17, 15) is 0 Å². The molecule has 0 radical (unpaired) electrons. The fraction of sp³-hybridized carbons (Fsp3) is 0.188. The van der Waals surface area contributed by atoms with E-state index in [1.54, 1.807) is 18.0 Å². The van der Waals surface area contributed by atoms with Gasteiger partial charge in [-0.15, -0.1) is 0 Å². The van der Waals surface area contributed by atoms with Gasteiger partial charge in [0.1, 0.15) is 5.50 Å². The Morgan fingerprint density at radius 1 is 1.29 bits per heavy atom. The van der Waals surface area contributed by atoms with Crippen LogP contribution in [-0.4, -0.2) is 17.5 Å². The lowest BCUT2D eigenvalue weighted by molar-refractivity contribution is 0.902. The zero-order valence-corrected chi connectivity index (χ0v) is 12.9. The van der Waals surface area contributed by atoms with E-state index in [0.29, 0.717) is 0 Å². The number of nitrogens with one attached hydrogen (secondary N) is 3. The molecule has 3 N–H and O–H groups in total. The van der Waals surface area contributed by atoms with Crippen LogP contribution in [0.25, 0.3) is 5.70 Å². The number of aromatic nitrogens is 1. The van der Waals surface area contributed by atoms with Gasteiger partial charge in [0.15, 0.2) is 0 Å². The van der Waals surface area contributed by atoms with Gasteiger partial charge in [-0.1, -0.05) is 17.8 Å². The summed E-state index contributed by atoms with van der Waals surface area (Å²) in [6.07, 6.45) is 3.66. The Kier molecular flexibility index (Phi) is 4.01. The average Bonchev–Trinajstić information content (AvgIpc) is 2.99. The third-order valence-electron chi connectivity index (χ3n) is 3.39. The van der Waals surface area contributed by atoms with E-state index in [-0.39, 0.29) is 5.50 Å². The number of benzene rings is 1. The maximum absolute atomic E-state index is 4.16. The van der Waals surface area contributed by atoms with Crippen molar-refractivity contribution in [2.24, 2.45) is 0 Å². The van der Waals surface area contributed by atoms with Crippen LogP contribution in [0.5, 0.6) is 0 Å². The van der Waals surface area contributed by atoms with Gasteiger partial charge in [-0.3, -0.25) is 4.98 Å². The summed E-state index contributed by atoms with van der Waals surface area (Å²) in [6, 6.07) is 10.3. The van der Waals surface area contributed by atoms with Gasteiger partial charge >= 0.3 is 0 Å². The minimum atomic E-state index is 0.131. The molecule has 3 rings (SSSR count). The summed E-state index contributed by atoms with van der Waals surface area (Å²) in [4.78, 5) is 4.16. The van der Waals surface area contributed by atoms with Crippen molar-refractivity contribution in [3.05, 3.63) is 59.3 Å². The number of thioether (sulfide) groups is 1. The van der Waals surface area contributed by atoms with Crippen LogP contribution in [0.15, 0.2) is 48.1 Å². The Morgan fingerprint density at radius 2 is 2.19 bits per heavy atom. The minimum absolute atomic E-state index is 0.131. The van der Waals surface area contributed by atoms with E-state index in [2.05, 4.69) is 57.5 Å². The lowest BCUT2D eigenvalue weighted by Crippen LogP contribution is -2.28. The first kappa shape index (κ1) is 13.8. The molecule has 2 heterocycles. The van der Waals surface area contributed by atoms with Crippen LogP contribution in [0.3, 0.4) is 0 Å². The van der Waals surface area contributed by atoms with Crippen molar-refractivity contribution in [3.8, 4) is 0 Å². The summed E-state index contributed by atoms with van der Waals surface area (Å²) < 4.78 is 0. The highest BCUT2D eigenvalue weighted by Crippen LogP contribution is 2.29. The highest BCUT2D eigenvalue weighted by molar-refractivity contribution is 8.03. The first-order valence-electron chi connectivity index (χ1n) is 6.84. The van der Waals surface area contributed by atoms with E-state index >= 15 is 0 Å². The Labute approximate surface area is 129 Å². The van der Waals surface area contributed by atoms with Gasteiger partial charge in [-0.05, 0) is 42.2 Å². The third kappa shape index (κ3) is 3.13. The molecule has 0 amide bonds. The predicted octanol–water partition coefficient (Wildman–Crippen LogP) is 3.46. The largest absolute Gasteiger partial charge is 0.388 e. The highest BCUT2D eigenvalue weighted by Gasteiger charge is 2.18. The van der Waals surface area contributed by atoms with Crippen LogP contribution in [0, 0.1) is 6.92 Å². The van der Waals surface area contributed by atoms with Gasteiger partial charge in [0.25, 0.3) is 0 Å². The van der Waals surface area contributed by atoms with Gasteiger partial charge in [0.2, 0.25) is 0 Å². The molecule has 1 aromatic heterocycles. The summed E-state index contributed by atoms with van der Waals surface area (Å²) >= 11 is 1.73. The Hall–Kier alpha value is -2.14. The molecule has 108 valence electrons. The van der Waals surface area contributed by atoms with Gasteiger partial charge in [-0.2, -0.15) is 0 Å². The molecule has 0 saturated carbocycles. The second-order valence-corrected chi connectivity index (χ2v) is 5.84. The average molecular weight is 298 g/mol. The minimum Gasteiger partial charge on any atom is -0.388 e. The molecule has 5 heteroatoms. The van der Waals surface area contributed by atoms with Crippen molar-refractivity contribution < 1.29 is 0 Å². The normalized spacial score (nSPS) is 17.0. The van der Waals surface area contributed by atoms with E-state index < -0.39 is 0 Å². The van der Waals surface area contributed by atoms with Crippen molar-refractivity contribution in [2.45, 2.75) is 12.4 Å². The zero-order valence-electron chi connectivity index (χ0n) is 12.1. The summed E-state index contributed by atoms with van der Waals surface area (Å²) in [5, 5.41) is 12.3. The van der Waals surface area contributed by atoms with Crippen LogP contribution in [0.1, 0.15) is 11.1 Å². The summed E-state index contributed by atoms with van der Waals surface area (Å²) in [5.41, 5.74) is 5.81. The molecular weight excluding hydrogens is 280 g/mol. The first-order chi connectivity index (χ1) is 10.3. The smallest absolute Gasteiger partial charge is 0.149 e. The Balaban J connectivity index is 1.69. The Bertz CT molecular complexity index is 655. The fourth-order valence-corrected chi connectivity index (χ4v) is 3.03. The van der Waals surface area contributed by atoms with Crippen molar-refractivity contribution in [1.29, 1.82) is 0 Å². The predicted molar refractivity (Wildman–Crippen MR) is 91.1 cm³/mol. The zero-order chi connectivity index (χ0) is 14.7. The molecule has 0 saturated heterocycles. The highest BCUT2D eigenvalue weighted by atomic mass is 32.2. The van der Waals surface area contributed by atoms with E-state index in [0.717, 1.165) is 22.6 Å². The number of anilines is 2. The summed E-state index contributed by atoms with van der Waals surface area (Å²) in [6.45, 7) is 2.11. The summed E-state index contributed by atoms with van der Waals surface area (Å²) in [7, 11) is 1.93. The standard InChI is InChI=1S/C16H18N4S/c1-11-5-6-13(17-2)8-14(11)19-16-20-15(10-21-16)12-4-3-7-18-9-12/h3-10,16-17,19-20H,1-2H3. The van der Waals surface area contributed by atoms with Gasteiger partial charge in [0.05, 0.1) is 5.70 Å². The van der Waals surface area contributed by atoms with E-state index in [4.69, 9.17) is 0 Å². The molecule has 0 fully saturated rings. The maximum atomic E-state index is 4.16. The lowest BCUT2D eigenvalue weighted by atomic mass is 10.2. The van der Waals surface area contributed by atoms with Crippen molar-refractivity contribution in [2.75, 3.05) is 17.7 Å². The number of pyridine rings is 1. The van der Waals surface area contributed by atoms with E-state index in [1.807, 2.05) is 19.3 Å². The van der Waals surface area contributed by atoms with Crippen LogP contribution in [0.4, 0.5) is 11.4 Å². The van der Waals surface area contributed by atoms with Crippen LogP contribution in [-0.2, 0) is 0 Å².